The lowest BCUT2D eigenvalue weighted by Gasteiger charge is -2.14. The molecule has 1 aliphatic carbocycles. The lowest BCUT2D eigenvalue weighted by Crippen LogP contribution is -2.42. The molecular weight excluding hydrogens is 306 g/mol. The van der Waals surface area contributed by atoms with Crippen LogP contribution in [0.1, 0.15) is 33.3 Å². The molecular formula is C15H17NO3S2. The highest BCUT2D eigenvalue weighted by molar-refractivity contribution is 8.19. The Bertz CT molecular complexity index is 536. The van der Waals surface area contributed by atoms with Gasteiger partial charge in [0.05, 0.1) is 4.58 Å². The molecule has 4 nitrogen and oxygen atoms in total. The molecule has 0 aromatic heterocycles. The normalized spacial score (nSPS) is 20.2. The third-order valence-corrected chi connectivity index (χ3v) is 6.82. The number of hydrogen-bond acceptors (Lipinski definition) is 4. The van der Waals surface area contributed by atoms with Gasteiger partial charge < -0.3 is 10.4 Å². The number of carboxylic acid groups (broad SMARTS) is 1. The van der Waals surface area contributed by atoms with Gasteiger partial charge in [0.15, 0.2) is 0 Å². The quantitative estimate of drug-likeness (QED) is 0.872. The maximum Gasteiger partial charge on any atom is 0.326 e. The first-order chi connectivity index (χ1) is 10.1. The van der Waals surface area contributed by atoms with Crippen LogP contribution >= 0.6 is 23.5 Å². The Balaban J connectivity index is 1.65. The van der Waals surface area contributed by atoms with Crippen molar-refractivity contribution in [1.82, 2.24) is 5.32 Å². The molecule has 1 atom stereocenters. The van der Waals surface area contributed by atoms with E-state index in [9.17, 15) is 9.59 Å². The molecule has 2 fully saturated rings. The first-order valence-electron chi connectivity index (χ1n) is 7.02. The van der Waals surface area contributed by atoms with Crippen LogP contribution in [-0.4, -0.2) is 34.5 Å². The second-order valence-electron chi connectivity index (χ2n) is 5.32. The van der Waals surface area contributed by atoms with E-state index in [1.54, 1.807) is 12.1 Å². The van der Waals surface area contributed by atoms with Crippen LogP contribution in [0.4, 0.5) is 0 Å². The van der Waals surface area contributed by atoms with E-state index in [4.69, 9.17) is 5.11 Å². The molecule has 1 saturated heterocycles. The second-order valence-corrected chi connectivity index (χ2v) is 8.05. The molecule has 1 aliphatic heterocycles. The molecule has 6 heteroatoms. The topological polar surface area (TPSA) is 66.4 Å². The molecule has 1 amide bonds. The van der Waals surface area contributed by atoms with Gasteiger partial charge in [0.25, 0.3) is 5.91 Å². The third-order valence-electron chi connectivity index (χ3n) is 3.71. The molecule has 21 heavy (non-hydrogen) atoms. The Morgan fingerprint density at radius 3 is 2.29 bits per heavy atom. The largest absolute Gasteiger partial charge is 0.480 e. The van der Waals surface area contributed by atoms with Gasteiger partial charge in [-0.25, -0.2) is 4.79 Å². The first kappa shape index (κ1) is 14.8. The third kappa shape index (κ3) is 3.55. The van der Waals surface area contributed by atoms with Crippen molar-refractivity contribution in [3.63, 3.8) is 0 Å². The van der Waals surface area contributed by atoms with Crippen LogP contribution in [0.15, 0.2) is 24.3 Å². The zero-order valence-electron chi connectivity index (χ0n) is 11.5. The minimum atomic E-state index is -0.943. The fraction of sp³-hybridized carbons (Fsp3) is 0.467. The average Bonchev–Trinajstić information content (AvgIpc) is 3.17. The second kappa shape index (κ2) is 6.32. The van der Waals surface area contributed by atoms with Crippen molar-refractivity contribution in [3.05, 3.63) is 35.4 Å². The van der Waals surface area contributed by atoms with Crippen molar-refractivity contribution in [1.29, 1.82) is 0 Å². The van der Waals surface area contributed by atoms with Gasteiger partial charge in [-0.1, -0.05) is 12.1 Å². The van der Waals surface area contributed by atoms with E-state index in [1.165, 1.54) is 17.1 Å². The maximum absolute atomic E-state index is 12.1. The van der Waals surface area contributed by atoms with Gasteiger partial charge in [0.2, 0.25) is 0 Å². The molecule has 2 aliphatic rings. The van der Waals surface area contributed by atoms with Gasteiger partial charge in [0, 0.05) is 17.1 Å². The minimum absolute atomic E-state index is 0.0945. The van der Waals surface area contributed by atoms with Crippen LogP contribution in [0.5, 0.6) is 0 Å². The summed E-state index contributed by atoms with van der Waals surface area (Å²) in [7, 11) is 0. The highest BCUT2D eigenvalue weighted by atomic mass is 32.2. The Hall–Kier alpha value is -1.14. The monoisotopic (exact) mass is 323 g/mol. The lowest BCUT2D eigenvalue weighted by atomic mass is 10.1. The predicted molar refractivity (Wildman–Crippen MR) is 85.7 cm³/mol. The maximum atomic E-state index is 12.1. The predicted octanol–water partition coefficient (Wildman–Crippen LogP) is 2.76. The fourth-order valence-electron chi connectivity index (χ4n) is 2.38. The zero-order valence-corrected chi connectivity index (χ0v) is 13.1. The van der Waals surface area contributed by atoms with Crippen LogP contribution in [0, 0.1) is 5.92 Å². The molecule has 2 N–H and O–H groups in total. The summed E-state index contributed by atoms with van der Waals surface area (Å²) in [5.74, 6) is 1.18. The highest BCUT2D eigenvalue weighted by Gasteiger charge is 2.37. The smallest absolute Gasteiger partial charge is 0.326 e. The number of carbonyl (C=O) groups is 2. The van der Waals surface area contributed by atoms with Crippen molar-refractivity contribution in [3.8, 4) is 0 Å². The van der Waals surface area contributed by atoms with E-state index in [0.717, 1.165) is 12.8 Å². The molecule has 3 rings (SSSR count). The molecule has 0 radical (unpaired) electrons. The van der Waals surface area contributed by atoms with Crippen molar-refractivity contribution in [2.45, 2.75) is 23.5 Å². The summed E-state index contributed by atoms with van der Waals surface area (Å²) in [5, 5.41) is 11.8. The Morgan fingerprint density at radius 2 is 1.76 bits per heavy atom. The number of rotatable bonds is 5. The van der Waals surface area contributed by atoms with E-state index >= 15 is 0 Å². The van der Waals surface area contributed by atoms with Gasteiger partial charge in [-0.2, -0.15) is 0 Å². The van der Waals surface area contributed by atoms with Crippen LogP contribution in [0.25, 0.3) is 0 Å². The van der Waals surface area contributed by atoms with E-state index in [1.807, 2.05) is 35.7 Å². The number of hydrogen-bond donors (Lipinski definition) is 2. The van der Waals surface area contributed by atoms with Crippen LogP contribution in [-0.2, 0) is 4.79 Å². The van der Waals surface area contributed by atoms with Gasteiger partial charge in [-0.15, -0.1) is 23.5 Å². The summed E-state index contributed by atoms with van der Waals surface area (Å²) >= 11 is 3.84. The standard InChI is InChI=1S/C15H17NO3S2/c17-13(16-12(14(18)19)9-1-2-9)10-3-5-11(6-4-10)15-20-7-8-21-15/h3-6,9,12,15H,1-2,7-8H2,(H,16,17)(H,18,19). The molecule has 1 aromatic carbocycles. The molecule has 0 bridgehead atoms. The van der Waals surface area contributed by atoms with Crippen molar-refractivity contribution in [2.75, 3.05) is 11.5 Å². The van der Waals surface area contributed by atoms with Crippen LogP contribution in [0.3, 0.4) is 0 Å². The summed E-state index contributed by atoms with van der Waals surface area (Å²) in [6, 6.07) is 6.76. The molecule has 1 saturated carbocycles. The number of carboxylic acids is 1. The lowest BCUT2D eigenvalue weighted by molar-refractivity contribution is -0.139. The summed E-state index contributed by atoms with van der Waals surface area (Å²) < 4.78 is 0.459. The highest BCUT2D eigenvalue weighted by Crippen LogP contribution is 2.45. The Labute approximate surface area is 132 Å². The average molecular weight is 323 g/mol. The van der Waals surface area contributed by atoms with Gasteiger partial charge >= 0.3 is 5.97 Å². The van der Waals surface area contributed by atoms with Crippen molar-refractivity contribution in [2.24, 2.45) is 5.92 Å². The van der Waals surface area contributed by atoms with Crippen molar-refractivity contribution < 1.29 is 14.7 Å². The van der Waals surface area contributed by atoms with E-state index < -0.39 is 12.0 Å². The SMILES string of the molecule is O=C(NC(C(=O)O)C1CC1)c1ccc(C2SCCS2)cc1. The number of carbonyl (C=O) groups excluding carboxylic acids is 1. The number of amides is 1. The zero-order chi connectivity index (χ0) is 14.8. The number of benzene rings is 1. The summed E-state index contributed by atoms with van der Waals surface area (Å²) in [6.45, 7) is 0. The fourth-order valence-corrected chi connectivity index (χ4v) is 5.24. The number of thioether (sulfide) groups is 2. The van der Waals surface area contributed by atoms with Gasteiger partial charge in [0.1, 0.15) is 6.04 Å². The van der Waals surface area contributed by atoms with E-state index in [0.29, 0.717) is 10.1 Å². The molecule has 112 valence electrons. The Morgan fingerprint density at radius 1 is 1.14 bits per heavy atom. The minimum Gasteiger partial charge on any atom is -0.480 e. The van der Waals surface area contributed by atoms with Gasteiger partial charge in [-0.3, -0.25) is 4.79 Å². The number of nitrogens with one attached hydrogen (secondary N) is 1. The molecule has 1 unspecified atom stereocenters. The summed E-state index contributed by atoms with van der Waals surface area (Å²) in [4.78, 5) is 23.3. The van der Waals surface area contributed by atoms with Crippen LogP contribution in [0.2, 0.25) is 0 Å². The van der Waals surface area contributed by atoms with Crippen molar-refractivity contribution >= 4 is 35.4 Å². The van der Waals surface area contributed by atoms with E-state index in [2.05, 4.69) is 5.32 Å². The number of aliphatic carboxylic acids is 1. The molecule has 1 heterocycles. The van der Waals surface area contributed by atoms with E-state index in [-0.39, 0.29) is 11.8 Å². The first-order valence-corrected chi connectivity index (χ1v) is 9.12. The van der Waals surface area contributed by atoms with Crippen LogP contribution < -0.4 is 5.32 Å². The molecule has 1 aromatic rings. The summed E-state index contributed by atoms with van der Waals surface area (Å²) in [5.41, 5.74) is 1.75. The summed E-state index contributed by atoms with van der Waals surface area (Å²) in [6.07, 6.45) is 1.76. The molecule has 0 spiro atoms. The van der Waals surface area contributed by atoms with Gasteiger partial charge in [-0.05, 0) is 36.5 Å². The Kier molecular flexibility index (Phi) is 4.45.